The number of non-ortho nitro benzene ring substituents is 1. The van der Waals surface area contributed by atoms with Crippen LogP contribution in [-0.4, -0.2) is 25.4 Å². The highest BCUT2D eigenvalue weighted by atomic mass is 32.2. The Bertz CT molecular complexity index is 1060. The molecule has 1 N–H and O–H groups in total. The summed E-state index contributed by atoms with van der Waals surface area (Å²) in [6.07, 6.45) is 0. The number of benzene rings is 2. The SMILES string of the molecule is COc1cc([N+](=O)[O-])cc2sc(NS(=O)(=O)c3ccc(C)cc3)nc12. The van der Waals surface area contributed by atoms with Crippen LogP contribution < -0.4 is 9.46 Å². The van der Waals surface area contributed by atoms with Crippen LogP contribution in [0.5, 0.6) is 5.75 Å². The van der Waals surface area contributed by atoms with Gasteiger partial charge in [0.15, 0.2) is 10.9 Å². The molecule has 130 valence electrons. The van der Waals surface area contributed by atoms with Gasteiger partial charge in [-0.2, -0.15) is 0 Å². The van der Waals surface area contributed by atoms with Crippen molar-refractivity contribution in [2.24, 2.45) is 0 Å². The van der Waals surface area contributed by atoms with Crippen molar-refractivity contribution >= 4 is 42.4 Å². The topological polar surface area (TPSA) is 111 Å². The Balaban J connectivity index is 2.02. The minimum atomic E-state index is -3.80. The standard InChI is InChI=1S/C15H13N3O5S2/c1-9-3-5-11(6-4-9)25(21,22)17-15-16-14-12(23-2)7-10(18(19)20)8-13(14)24-15/h3-8H,1-2H3,(H,16,17). The number of nitrogens with one attached hydrogen (secondary N) is 1. The number of sulfonamides is 1. The molecule has 0 fully saturated rings. The molecule has 1 aromatic heterocycles. The molecule has 8 nitrogen and oxygen atoms in total. The molecule has 1 heterocycles. The fourth-order valence-corrected chi connectivity index (χ4v) is 4.33. The number of nitro groups is 1. The molecule has 0 saturated carbocycles. The summed E-state index contributed by atoms with van der Waals surface area (Å²) in [4.78, 5) is 14.7. The van der Waals surface area contributed by atoms with Crippen LogP contribution in [0.1, 0.15) is 5.56 Å². The Labute approximate surface area is 147 Å². The van der Waals surface area contributed by atoms with E-state index in [1.54, 1.807) is 12.1 Å². The molecule has 2 aromatic carbocycles. The first-order valence-corrected chi connectivity index (χ1v) is 9.32. The van der Waals surface area contributed by atoms with Gasteiger partial charge >= 0.3 is 0 Å². The maximum absolute atomic E-state index is 12.4. The number of anilines is 1. The Kier molecular flexibility index (Phi) is 4.31. The maximum atomic E-state index is 12.4. The molecule has 3 aromatic rings. The van der Waals surface area contributed by atoms with Crippen LogP contribution in [-0.2, 0) is 10.0 Å². The van der Waals surface area contributed by atoms with E-state index in [2.05, 4.69) is 9.71 Å². The molecule has 0 unspecified atom stereocenters. The van der Waals surface area contributed by atoms with Crippen molar-refractivity contribution in [2.75, 3.05) is 11.8 Å². The summed E-state index contributed by atoms with van der Waals surface area (Å²) in [7, 11) is -2.43. The number of fused-ring (bicyclic) bond motifs is 1. The predicted octanol–water partition coefficient (Wildman–Crippen LogP) is 3.32. The van der Waals surface area contributed by atoms with Crippen molar-refractivity contribution in [3.63, 3.8) is 0 Å². The summed E-state index contributed by atoms with van der Waals surface area (Å²) in [5.74, 6) is 0.209. The number of hydrogen-bond donors (Lipinski definition) is 1. The maximum Gasteiger partial charge on any atom is 0.274 e. The second-order valence-corrected chi connectivity index (χ2v) is 7.90. The van der Waals surface area contributed by atoms with E-state index in [9.17, 15) is 18.5 Å². The van der Waals surface area contributed by atoms with Gasteiger partial charge in [0.2, 0.25) is 0 Å². The summed E-state index contributed by atoms with van der Waals surface area (Å²) in [5.41, 5.74) is 1.15. The Morgan fingerprint density at radius 2 is 1.92 bits per heavy atom. The Morgan fingerprint density at radius 1 is 1.24 bits per heavy atom. The van der Waals surface area contributed by atoms with E-state index in [0.717, 1.165) is 16.9 Å². The molecule has 0 aliphatic carbocycles. The number of methoxy groups -OCH3 is 1. The van der Waals surface area contributed by atoms with Crippen molar-refractivity contribution in [3.05, 3.63) is 52.1 Å². The highest BCUT2D eigenvalue weighted by Gasteiger charge is 2.20. The summed E-state index contributed by atoms with van der Waals surface area (Å²) >= 11 is 0.997. The highest BCUT2D eigenvalue weighted by molar-refractivity contribution is 7.93. The lowest BCUT2D eigenvalue weighted by atomic mass is 10.2. The lowest BCUT2D eigenvalue weighted by Gasteiger charge is -2.05. The number of nitrogens with zero attached hydrogens (tertiary/aromatic N) is 2. The molecule has 0 radical (unpaired) electrons. The molecule has 25 heavy (non-hydrogen) atoms. The lowest BCUT2D eigenvalue weighted by molar-refractivity contribution is -0.384. The minimum absolute atomic E-state index is 0.106. The Morgan fingerprint density at radius 3 is 2.52 bits per heavy atom. The second-order valence-electron chi connectivity index (χ2n) is 5.19. The molecule has 0 amide bonds. The van der Waals surface area contributed by atoms with Crippen molar-refractivity contribution in [2.45, 2.75) is 11.8 Å². The van der Waals surface area contributed by atoms with Crippen LogP contribution in [0.4, 0.5) is 10.8 Å². The van der Waals surface area contributed by atoms with Gasteiger partial charge in [0.1, 0.15) is 5.52 Å². The van der Waals surface area contributed by atoms with Gasteiger partial charge in [-0.05, 0) is 19.1 Å². The molecule has 0 spiro atoms. The Hall–Kier alpha value is -2.72. The van der Waals surface area contributed by atoms with E-state index in [1.807, 2.05) is 6.92 Å². The zero-order valence-electron chi connectivity index (χ0n) is 13.2. The number of aryl methyl sites for hydroxylation is 1. The summed E-state index contributed by atoms with van der Waals surface area (Å²) in [5, 5.41) is 11.1. The molecule has 0 bridgehead atoms. The number of nitro benzene ring substituents is 1. The largest absolute Gasteiger partial charge is 0.494 e. The van der Waals surface area contributed by atoms with Crippen molar-refractivity contribution in [3.8, 4) is 5.75 Å². The number of rotatable bonds is 5. The van der Waals surface area contributed by atoms with E-state index >= 15 is 0 Å². The first-order chi connectivity index (χ1) is 11.8. The molecule has 10 heteroatoms. The molecule has 0 saturated heterocycles. The summed E-state index contributed by atoms with van der Waals surface area (Å²) < 4.78 is 32.8. The van der Waals surface area contributed by atoms with E-state index in [-0.39, 0.29) is 21.5 Å². The van der Waals surface area contributed by atoms with E-state index < -0.39 is 14.9 Å². The lowest BCUT2D eigenvalue weighted by Crippen LogP contribution is -2.12. The molecular weight excluding hydrogens is 366 g/mol. The van der Waals surface area contributed by atoms with Crippen LogP contribution in [0.15, 0.2) is 41.3 Å². The normalized spacial score (nSPS) is 11.4. The quantitative estimate of drug-likeness (QED) is 0.538. The average Bonchev–Trinajstić information content (AvgIpc) is 2.95. The zero-order valence-corrected chi connectivity index (χ0v) is 14.8. The molecule has 0 aliphatic rings. The summed E-state index contributed by atoms with van der Waals surface area (Å²) in [6, 6.07) is 8.96. The third-order valence-electron chi connectivity index (χ3n) is 3.43. The van der Waals surface area contributed by atoms with Crippen molar-refractivity contribution < 1.29 is 18.1 Å². The summed E-state index contributed by atoms with van der Waals surface area (Å²) in [6.45, 7) is 1.86. The van der Waals surface area contributed by atoms with Gasteiger partial charge in [-0.3, -0.25) is 14.8 Å². The number of aromatic nitrogens is 1. The minimum Gasteiger partial charge on any atom is -0.494 e. The van der Waals surface area contributed by atoms with E-state index in [0.29, 0.717) is 10.2 Å². The molecule has 3 rings (SSSR count). The number of hydrogen-bond acceptors (Lipinski definition) is 7. The second kappa shape index (κ2) is 6.30. The van der Waals surface area contributed by atoms with Gasteiger partial charge in [0, 0.05) is 6.07 Å². The van der Waals surface area contributed by atoms with Crippen molar-refractivity contribution in [1.29, 1.82) is 0 Å². The van der Waals surface area contributed by atoms with E-state index in [1.165, 1.54) is 31.4 Å². The highest BCUT2D eigenvalue weighted by Crippen LogP contribution is 2.36. The predicted molar refractivity (Wildman–Crippen MR) is 94.8 cm³/mol. The van der Waals surface area contributed by atoms with E-state index in [4.69, 9.17) is 4.74 Å². The van der Waals surface area contributed by atoms with Gasteiger partial charge in [-0.15, -0.1) is 0 Å². The van der Waals surface area contributed by atoms with Gasteiger partial charge in [-0.1, -0.05) is 29.0 Å². The van der Waals surface area contributed by atoms with Gasteiger partial charge in [0.25, 0.3) is 15.7 Å². The average molecular weight is 379 g/mol. The smallest absolute Gasteiger partial charge is 0.274 e. The zero-order chi connectivity index (χ0) is 18.2. The van der Waals surface area contributed by atoms with Crippen molar-refractivity contribution in [1.82, 2.24) is 4.98 Å². The van der Waals surface area contributed by atoms with Crippen LogP contribution in [0.2, 0.25) is 0 Å². The fraction of sp³-hybridized carbons (Fsp3) is 0.133. The van der Waals surface area contributed by atoms with Crippen LogP contribution in [0.3, 0.4) is 0 Å². The van der Waals surface area contributed by atoms with Gasteiger partial charge < -0.3 is 4.74 Å². The third kappa shape index (κ3) is 3.39. The monoisotopic (exact) mass is 379 g/mol. The van der Waals surface area contributed by atoms with Crippen LogP contribution >= 0.6 is 11.3 Å². The first-order valence-electron chi connectivity index (χ1n) is 7.02. The van der Waals surface area contributed by atoms with Crippen LogP contribution in [0, 0.1) is 17.0 Å². The van der Waals surface area contributed by atoms with Crippen LogP contribution in [0.25, 0.3) is 10.2 Å². The molecule has 0 atom stereocenters. The fourth-order valence-electron chi connectivity index (χ4n) is 2.18. The number of thiazole rings is 1. The van der Waals surface area contributed by atoms with Gasteiger partial charge in [-0.25, -0.2) is 13.4 Å². The number of ether oxygens (including phenoxy) is 1. The first kappa shape index (κ1) is 17.1. The third-order valence-corrected chi connectivity index (χ3v) is 5.83. The molecular formula is C15H13N3O5S2. The molecule has 0 aliphatic heterocycles. The van der Waals surface area contributed by atoms with Gasteiger partial charge in [0.05, 0.1) is 27.7 Å².